The fourth-order valence-corrected chi connectivity index (χ4v) is 3.28. The zero-order valence-corrected chi connectivity index (χ0v) is 14.7. The first-order valence-electron chi connectivity index (χ1n) is 9.11. The van der Waals surface area contributed by atoms with Gasteiger partial charge in [0, 0.05) is 19.5 Å². The maximum absolute atomic E-state index is 12.1. The Morgan fingerprint density at radius 2 is 1.88 bits per heavy atom. The number of hydrogen-bond acceptors (Lipinski definition) is 5. The molecule has 0 saturated carbocycles. The highest BCUT2D eigenvalue weighted by molar-refractivity contribution is 5.73. The second kappa shape index (κ2) is 7.63. The fourth-order valence-electron chi connectivity index (χ4n) is 3.28. The summed E-state index contributed by atoms with van der Waals surface area (Å²) in [6, 6.07) is 5.46. The molecule has 2 aliphatic heterocycles. The number of ether oxygens (including phenoxy) is 2. The van der Waals surface area contributed by atoms with Gasteiger partial charge in [-0.25, -0.2) is 4.79 Å². The van der Waals surface area contributed by atoms with E-state index in [9.17, 15) is 4.79 Å². The van der Waals surface area contributed by atoms with Crippen molar-refractivity contribution in [3.05, 3.63) is 35.4 Å². The molecule has 0 saturated heterocycles. The highest BCUT2D eigenvalue weighted by Crippen LogP contribution is 2.30. The number of amides is 2. The van der Waals surface area contributed by atoms with Crippen LogP contribution in [0.15, 0.2) is 18.2 Å². The monoisotopic (exact) mass is 357 g/mol. The van der Waals surface area contributed by atoms with Gasteiger partial charge in [-0.15, -0.1) is 10.2 Å². The smallest absolute Gasteiger partial charge is 0.315 e. The second-order valence-corrected chi connectivity index (χ2v) is 6.51. The summed E-state index contributed by atoms with van der Waals surface area (Å²) in [6.45, 7) is 2.84. The van der Waals surface area contributed by atoms with Gasteiger partial charge >= 0.3 is 6.03 Å². The average Bonchev–Trinajstić information content (AvgIpc) is 2.90. The van der Waals surface area contributed by atoms with Crippen molar-refractivity contribution in [1.29, 1.82) is 0 Å². The Kier molecular flexibility index (Phi) is 4.90. The molecule has 2 N–H and O–H groups in total. The molecule has 0 radical (unpaired) electrons. The molecule has 2 aromatic rings. The van der Waals surface area contributed by atoms with Crippen LogP contribution >= 0.6 is 0 Å². The molecule has 138 valence electrons. The third-order valence-corrected chi connectivity index (χ3v) is 4.65. The third-order valence-electron chi connectivity index (χ3n) is 4.65. The number of carbonyl (C=O) groups excluding carboxylic acids is 1. The van der Waals surface area contributed by atoms with Gasteiger partial charge in [-0.3, -0.25) is 0 Å². The van der Waals surface area contributed by atoms with E-state index in [1.165, 1.54) is 6.42 Å². The Balaban J connectivity index is 1.29. The zero-order chi connectivity index (χ0) is 17.8. The van der Waals surface area contributed by atoms with E-state index >= 15 is 0 Å². The molecule has 2 aliphatic rings. The number of carbonyl (C=O) groups is 1. The van der Waals surface area contributed by atoms with Crippen molar-refractivity contribution >= 4 is 6.03 Å². The van der Waals surface area contributed by atoms with Crippen molar-refractivity contribution in [2.24, 2.45) is 0 Å². The van der Waals surface area contributed by atoms with Gasteiger partial charge in [-0.2, -0.15) is 0 Å². The minimum atomic E-state index is -0.231. The lowest BCUT2D eigenvalue weighted by Crippen LogP contribution is -2.35. The van der Waals surface area contributed by atoms with Gasteiger partial charge in [0.25, 0.3) is 0 Å². The summed E-state index contributed by atoms with van der Waals surface area (Å²) in [5.41, 5.74) is 0.959. The van der Waals surface area contributed by atoms with Gasteiger partial charge in [0.1, 0.15) is 19.0 Å². The average molecular weight is 357 g/mol. The lowest BCUT2D eigenvalue weighted by molar-refractivity contribution is 0.171. The molecule has 0 fully saturated rings. The maximum Gasteiger partial charge on any atom is 0.315 e. The number of aromatic nitrogens is 3. The molecular formula is C18H23N5O3. The lowest BCUT2D eigenvalue weighted by Gasteiger charge is -2.19. The number of hydrogen-bond donors (Lipinski definition) is 2. The van der Waals surface area contributed by atoms with E-state index in [1.807, 2.05) is 18.2 Å². The molecular weight excluding hydrogens is 334 g/mol. The van der Waals surface area contributed by atoms with Gasteiger partial charge in [-0.05, 0) is 30.5 Å². The SMILES string of the molecule is O=C(NCc1ccc2c(c1)OCCO2)NCc1nnc2n1CCCCC2. The van der Waals surface area contributed by atoms with E-state index in [2.05, 4.69) is 25.4 Å². The van der Waals surface area contributed by atoms with Crippen LogP contribution in [0.4, 0.5) is 4.79 Å². The summed E-state index contributed by atoms with van der Waals surface area (Å²) in [4.78, 5) is 12.1. The van der Waals surface area contributed by atoms with Crippen molar-refractivity contribution in [2.45, 2.75) is 45.3 Å². The fraction of sp³-hybridized carbons (Fsp3) is 0.500. The topological polar surface area (TPSA) is 90.3 Å². The normalized spacial score (nSPS) is 15.7. The highest BCUT2D eigenvalue weighted by Gasteiger charge is 2.15. The summed E-state index contributed by atoms with van der Waals surface area (Å²) in [5.74, 6) is 3.31. The zero-order valence-electron chi connectivity index (χ0n) is 14.7. The van der Waals surface area contributed by atoms with Gasteiger partial charge < -0.3 is 24.7 Å². The molecule has 0 atom stereocenters. The number of fused-ring (bicyclic) bond motifs is 2. The molecule has 2 amide bonds. The largest absolute Gasteiger partial charge is 0.486 e. The lowest BCUT2D eigenvalue weighted by atomic mass is 10.2. The number of nitrogens with zero attached hydrogens (tertiary/aromatic N) is 3. The molecule has 1 aromatic carbocycles. The minimum Gasteiger partial charge on any atom is -0.486 e. The van der Waals surface area contributed by atoms with Crippen molar-refractivity contribution in [1.82, 2.24) is 25.4 Å². The summed E-state index contributed by atoms with van der Waals surface area (Å²) in [5, 5.41) is 14.2. The second-order valence-electron chi connectivity index (χ2n) is 6.51. The summed E-state index contributed by atoms with van der Waals surface area (Å²) in [6.07, 6.45) is 4.46. The molecule has 0 unspecified atom stereocenters. The predicted molar refractivity (Wildman–Crippen MR) is 94.1 cm³/mol. The molecule has 0 bridgehead atoms. The van der Waals surface area contributed by atoms with Crippen LogP contribution in [0.2, 0.25) is 0 Å². The Morgan fingerprint density at radius 1 is 1.04 bits per heavy atom. The van der Waals surface area contributed by atoms with Crippen LogP contribution in [-0.2, 0) is 26.1 Å². The molecule has 0 spiro atoms. The van der Waals surface area contributed by atoms with Crippen molar-refractivity contribution in [3.63, 3.8) is 0 Å². The summed E-state index contributed by atoms with van der Waals surface area (Å²) < 4.78 is 13.2. The number of benzene rings is 1. The maximum atomic E-state index is 12.1. The number of aryl methyl sites for hydroxylation is 1. The minimum absolute atomic E-state index is 0.231. The van der Waals surface area contributed by atoms with Gasteiger partial charge in [0.15, 0.2) is 17.3 Å². The van der Waals surface area contributed by atoms with Crippen LogP contribution in [0.1, 0.15) is 36.5 Å². The predicted octanol–water partition coefficient (Wildman–Crippen LogP) is 1.78. The molecule has 8 nitrogen and oxygen atoms in total. The van der Waals surface area contributed by atoms with Crippen LogP contribution in [0.25, 0.3) is 0 Å². The summed E-state index contributed by atoms with van der Waals surface area (Å²) in [7, 11) is 0. The third kappa shape index (κ3) is 3.74. The van der Waals surface area contributed by atoms with Gasteiger partial charge in [0.05, 0.1) is 6.54 Å². The summed E-state index contributed by atoms with van der Waals surface area (Å²) >= 11 is 0. The van der Waals surface area contributed by atoms with Crippen LogP contribution in [-0.4, -0.2) is 34.0 Å². The molecule has 1 aromatic heterocycles. The first-order chi connectivity index (χ1) is 12.8. The van der Waals surface area contributed by atoms with Gasteiger partial charge in [0.2, 0.25) is 0 Å². The standard InChI is InChI=1S/C18H23N5O3/c24-18(19-11-13-5-6-14-15(10-13)26-9-8-25-14)20-12-17-22-21-16-4-2-1-3-7-23(16)17/h5-6,10H,1-4,7-9,11-12H2,(H2,19,20,24). The first-order valence-corrected chi connectivity index (χ1v) is 9.11. The molecule has 3 heterocycles. The van der Waals surface area contributed by atoms with E-state index in [-0.39, 0.29) is 6.03 Å². The number of rotatable bonds is 4. The van der Waals surface area contributed by atoms with Crippen LogP contribution < -0.4 is 20.1 Å². The van der Waals surface area contributed by atoms with E-state index in [4.69, 9.17) is 9.47 Å². The van der Waals surface area contributed by atoms with E-state index in [1.54, 1.807) is 0 Å². The quantitative estimate of drug-likeness (QED) is 0.870. The molecule has 8 heteroatoms. The van der Waals surface area contributed by atoms with E-state index in [0.717, 1.165) is 54.5 Å². The van der Waals surface area contributed by atoms with Crippen LogP contribution in [0, 0.1) is 0 Å². The van der Waals surface area contributed by atoms with Gasteiger partial charge in [-0.1, -0.05) is 12.5 Å². The molecule has 26 heavy (non-hydrogen) atoms. The Hall–Kier alpha value is -2.77. The van der Waals surface area contributed by atoms with Crippen LogP contribution in [0.5, 0.6) is 11.5 Å². The highest BCUT2D eigenvalue weighted by atomic mass is 16.6. The Bertz CT molecular complexity index is 789. The van der Waals surface area contributed by atoms with E-state index in [0.29, 0.717) is 26.3 Å². The Morgan fingerprint density at radius 3 is 2.81 bits per heavy atom. The van der Waals surface area contributed by atoms with Crippen molar-refractivity contribution in [2.75, 3.05) is 13.2 Å². The van der Waals surface area contributed by atoms with Crippen molar-refractivity contribution in [3.8, 4) is 11.5 Å². The molecule has 0 aliphatic carbocycles. The number of nitrogens with one attached hydrogen (secondary N) is 2. The van der Waals surface area contributed by atoms with Crippen LogP contribution in [0.3, 0.4) is 0 Å². The Labute approximate surface area is 151 Å². The first kappa shape index (κ1) is 16.7. The number of urea groups is 1. The molecule has 4 rings (SSSR count). The van der Waals surface area contributed by atoms with Crippen molar-refractivity contribution < 1.29 is 14.3 Å². The van der Waals surface area contributed by atoms with E-state index < -0.39 is 0 Å².